The van der Waals surface area contributed by atoms with Crippen LogP contribution in [-0.2, 0) is 28.9 Å². The Balaban J connectivity index is -0.000000320. The fraction of sp³-hybridized carbons (Fsp3) is 0. The van der Waals surface area contributed by atoms with E-state index in [0.29, 0.717) is 0 Å². The van der Waals surface area contributed by atoms with Gasteiger partial charge in [0.1, 0.15) is 9.79 Å². The Hall–Kier alpha value is 0.960. The molecule has 1 aromatic rings. The van der Waals surface area contributed by atoms with Gasteiger partial charge in [-0.15, -0.1) is 8.67 Å². The van der Waals surface area contributed by atoms with Gasteiger partial charge in [0.05, 0.1) is 0 Å². The number of rotatable bonds is 4. The summed E-state index contributed by atoms with van der Waals surface area (Å²) in [7, 11) is -9.27. The molecule has 0 saturated carbocycles. The molecule has 94 valence electrons. The second kappa shape index (κ2) is 8.29. The van der Waals surface area contributed by atoms with Crippen molar-refractivity contribution in [3.05, 3.63) is 24.3 Å². The Morgan fingerprint density at radius 1 is 0.833 bits per heavy atom. The second-order valence-corrected chi connectivity index (χ2v) is 5.50. The Morgan fingerprint density at radius 2 is 1.11 bits per heavy atom. The van der Waals surface area contributed by atoms with E-state index < -0.39 is 30.0 Å². The van der Waals surface area contributed by atoms with Gasteiger partial charge < -0.3 is 2.85 Å². The summed E-state index contributed by atoms with van der Waals surface area (Å²) in [6.45, 7) is 0. The van der Waals surface area contributed by atoms with E-state index in [0.717, 1.165) is 12.1 Å². The maximum absolute atomic E-state index is 11.1. The summed E-state index contributed by atoms with van der Waals surface area (Å²) in [6.07, 6.45) is 0. The molecule has 0 aliphatic heterocycles. The van der Waals surface area contributed by atoms with Crippen LogP contribution in [0.5, 0.6) is 0 Å². The van der Waals surface area contributed by atoms with Crippen molar-refractivity contribution in [1.82, 2.24) is 0 Å². The van der Waals surface area contributed by atoms with Crippen LogP contribution >= 0.6 is 0 Å². The summed E-state index contributed by atoms with van der Waals surface area (Å²) in [6, 6.07) is 4.11. The van der Waals surface area contributed by atoms with Crippen LogP contribution in [0.2, 0.25) is 0 Å². The third kappa shape index (κ3) is 4.81. The van der Waals surface area contributed by atoms with Crippen LogP contribution in [0.1, 0.15) is 2.85 Å². The molecule has 0 radical (unpaired) electrons. The van der Waals surface area contributed by atoms with Gasteiger partial charge in [-0.3, -0.25) is 0 Å². The topological polar surface area (TPSA) is 127 Å². The number of hydrogen-bond donors (Lipinski definition) is 2. The monoisotopic (exact) mass is 318 g/mol. The van der Waals surface area contributed by atoms with Gasteiger partial charge in [-0.1, -0.05) is 12.1 Å². The molecule has 0 spiro atoms. The van der Waals surface area contributed by atoms with Crippen LogP contribution in [0.3, 0.4) is 0 Å². The maximum atomic E-state index is 11.1. The van der Waals surface area contributed by atoms with Gasteiger partial charge in [0.2, 0.25) is 0 Å². The molecular weight excluding hydrogens is 310 g/mol. The summed E-state index contributed by atoms with van der Waals surface area (Å²) >= 11 is 0. The minimum atomic E-state index is -4.64. The fourth-order valence-electron chi connectivity index (χ4n) is 0.944. The van der Waals surface area contributed by atoms with Gasteiger partial charge in [0.25, 0.3) is 0 Å². The molecule has 12 heteroatoms. The zero-order valence-electron chi connectivity index (χ0n) is 11.5. The van der Waals surface area contributed by atoms with Gasteiger partial charge in [-0.2, -0.15) is 16.8 Å². The van der Waals surface area contributed by atoms with Crippen LogP contribution in [-0.4, -0.2) is 27.4 Å². The molecule has 0 atom stereocenters. The van der Waals surface area contributed by atoms with Gasteiger partial charge in [-0.25, -0.2) is 10.5 Å². The van der Waals surface area contributed by atoms with E-state index in [1.165, 1.54) is 12.1 Å². The van der Waals surface area contributed by atoms with Gasteiger partial charge in [0.15, 0.2) is 0 Å². The molecule has 1 aromatic carbocycles. The van der Waals surface area contributed by atoms with Crippen molar-refractivity contribution in [2.45, 2.75) is 9.79 Å². The largest absolute Gasteiger partial charge is 1.00 e. The standard InChI is InChI=1S/C6H6O8S2.2Na.2H/c7-13-15(9,10)5-3-1-2-4-6(5)16(11,12)14-8;;;;/h1-4,7-8H;;;;/q;2*+1;2*-1. The van der Waals surface area contributed by atoms with E-state index in [1.807, 2.05) is 0 Å². The zero-order chi connectivity index (χ0) is 12.4. The van der Waals surface area contributed by atoms with E-state index in [2.05, 4.69) is 8.67 Å². The smallest absolute Gasteiger partial charge is 1.00 e. The molecule has 0 amide bonds. The van der Waals surface area contributed by atoms with E-state index in [1.54, 1.807) is 0 Å². The van der Waals surface area contributed by atoms with Crippen LogP contribution in [0.15, 0.2) is 34.1 Å². The van der Waals surface area contributed by atoms with Gasteiger partial charge in [-0.05, 0) is 12.1 Å². The Kier molecular flexibility index (Phi) is 9.79. The van der Waals surface area contributed by atoms with Crippen molar-refractivity contribution in [2.75, 3.05) is 0 Å². The zero-order valence-corrected chi connectivity index (χ0v) is 15.1. The van der Waals surface area contributed by atoms with Crippen molar-refractivity contribution >= 4 is 20.2 Å². The molecule has 0 aliphatic rings. The van der Waals surface area contributed by atoms with Crippen LogP contribution in [0, 0.1) is 0 Å². The van der Waals surface area contributed by atoms with E-state index >= 15 is 0 Å². The van der Waals surface area contributed by atoms with Gasteiger partial charge in [0, 0.05) is 0 Å². The molecule has 18 heavy (non-hydrogen) atoms. The molecule has 0 bridgehead atoms. The molecule has 1 rings (SSSR count). The summed E-state index contributed by atoms with van der Waals surface area (Å²) in [5, 5.41) is 16.2. The van der Waals surface area contributed by atoms with Crippen molar-refractivity contribution < 1.29 is 98.0 Å². The number of hydrogen-bond acceptors (Lipinski definition) is 8. The molecule has 0 aromatic heterocycles. The van der Waals surface area contributed by atoms with Gasteiger partial charge >= 0.3 is 79.4 Å². The number of benzene rings is 1. The molecule has 0 unspecified atom stereocenters. The Labute approximate surface area is 151 Å². The molecule has 0 heterocycles. The first-order valence-corrected chi connectivity index (χ1v) is 6.42. The van der Waals surface area contributed by atoms with Crippen LogP contribution in [0.25, 0.3) is 0 Å². The van der Waals surface area contributed by atoms with Crippen LogP contribution in [0.4, 0.5) is 0 Å². The minimum absolute atomic E-state index is 0. The fourth-order valence-corrected chi connectivity index (χ4v) is 2.84. The quantitative estimate of drug-likeness (QED) is 0.319. The summed E-state index contributed by atoms with van der Waals surface area (Å²) in [5.74, 6) is 0. The second-order valence-electron chi connectivity index (χ2n) is 2.50. The maximum Gasteiger partial charge on any atom is 1.00 e. The Morgan fingerprint density at radius 3 is 1.33 bits per heavy atom. The van der Waals surface area contributed by atoms with Crippen LogP contribution < -0.4 is 59.1 Å². The van der Waals surface area contributed by atoms with E-state index in [4.69, 9.17) is 10.5 Å². The normalized spacial score (nSPS) is 11.2. The average Bonchev–Trinajstić information content (AvgIpc) is 2.29. The molecule has 0 aliphatic carbocycles. The Bertz CT molecular complexity index is 538. The SMILES string of the molecule is O=S(=O)(OO)c1ccccc1S(=O)(=O)OO.[H-].[H-].[Na+].[Na+]. The molecule has 2 N–H and O–H groups in total. The summed E-state index contributed by atoms with van der Waals surface area (Å²) in [4.78, 5) is -1.71. The minimum Gasteiger partial charge on any atom is -1.00 e. The van der Waals surface area contributed by atoms with E-state index in [-0.39, 0.29) is 62.0 Å². The average molecular weight is 318 g/mol. The first-order chi connectivity index (χ1) is 7.35. The van der Waals surface area contributed by atoms with E-state index in [9.17, 15) is 16.8 Å². The van der Waals surface area contributed by atoms with Crippen molar-refractivity contribution in [3.8, 4) is 0 Å². The predicted octanol–water partition coefficient (Wildman–Crippen LogP) is -5.72. The third-order valence-corrected chi connectivity index (χ3v) is 3.90. The molecule has 0 fully saturated rings. The van der Waals surface area contributed by atoms with Crippen molar-refractivity contribution in [3.63, 3.8) is 0 Å². The van der Waals surface area contributed by atoms with Crippen molar-refractivity contribution in [2.24, 2.45) is 0 Å². The van der Waals surface area contributed by atoms with Crippen molar-refractivity contribution in [1.29, 1.82) is 0 Å². The first kappa shape index (κ1) is 21.3. The summed E-state index contributed by atoms with van der Waals surface area (Å²) < 4.78 is 50.8. The third-order valence-electron chi connectivity index (χ3n) is 1.58. The molecule has 0 saturated heterocycles. The molecule has 8 nitrogen and oxygen atoms in total. The summed E-state index contributed by atoms with van der Waals surface area (Å²) in [5.41, 5.74) is 0. The first-order valence-electron chi connectivity index (χ1n) is 3.60. The predicted molar refractivity (Wildman–Crippen MR) is 50.5 cm³/mol. The molecular formula is C6H8Na2O8S2.